The quantitative estimate of drug-likeness (QED) is 0.612. The zero-order valence-corrected chi connectivity index (χ0v) is 15.7. The molecule has 0 radical (unpaired) electrons. The maximum Gasteiger partial charge on any atom is 0.223 e. The van der Waals surface area contributed by atoms with Gasteiger partial charge in [0.05, 0.1) is 0 Å². The first-order chi connectivity index (χ1) is 13.2. The van der Waals surface area contributed by atoms with Gasteiger partial charge < -0.3 is 4.90 Å². The zero-order valence-electron chi connectivity index (χ0n) is 15.7. The van der Waals surface area contributed by atoms with Crippen LogP contribution in [0.5, 0.6) is 0 Å². The number of benzene rings is 3. The van der Waals surface area contributed by atoms with E-state index in [0.717, 1.165) is 0 Å². The first-order valence-corrected chi connectivity index (χ1v) is 9.67. The molecule has 1 amide bonds. The van der Waals surface area contributed by atoms with E-state index in [2.05, 4.69) is 84.6 Å². The second-order valence-electron chi connectivity index (χ2n) is 7.48. The van der Waals surface area contributed by atoms with Crippen molar-refractivity contribution in [3.8, 4) is 0 Å². The minimum absolute atomic E-state index is 0.155. The molecule has 27 heavy (non-hydrogen) atoms. The van der Waals surface area contributed by atoms with Crippen LogP contribution in [0.25, 0.3) is 0 Å². The lowest BCUT2D eigenvalue weighted by atomic mass is 9.80. The summed E-state index contributed by atoms with van der Waals surface area (Å²) in [6, 6.07) is 31.7. The maximum atomic E-state index is 12.9. The van der Waals surface area contributed by atoms with Crippen LogP contribution in [0.1, 0.15) is 36.0 Å². The van der Waals surface area contributed by atoms with Crippen molar-refractivity contribution < 1.29 is 4.79 Å². The minimum Gasteiger partial charge on any atom is -0.334 e. The van der Waals surface area contributed by atoms with E-state index in [9.17, 15) is 4.79 Å². The van der Waals surface area contributed by atoms with Gasteiger partial charge in [-0.25, -0.2) is 0 Å². The molecule has 1 aliphatic rings. The molecule has 3 aromatic rings. The topological polar surface area (TPSA) is 20.3 Å². The standard InChI is InChI=1S/C25H25NO/c1-19-17-23(27)26(18-20-11-5-2-6-12-20)25(19)24(21-13-7-3-8-14-21)22-15-9-4-10-16-22/h2-16,19,24-25H,17-18H2,1H3/t19-,25+/m0/s1. The third-order valence-corrected chi connectivity index (χ3v) is 5.61. The molecule has 0 N–H and O–H groups in total. The van der Waals surface area contributed by atoms with Crippen molar-refractivity contribution in [1.82, 2.24) is 4.90 Å². The Bertz CT molecular complexity index is 836. The molecular formula is C25H25NO. The molecule has 3 aromatic carbocycles. The number of hydrogen-bond acceptors (Lipinski definition) is 1. The molecule has 2 heteroatoms. The summed E-state index contributed by atoms with van der Waals surface area (Å²) in [7, 11) is 0. The average molecular weight is 355 g/mol. The van der Waals surface area contributed by atoms with Crippen LogP contribution in [0, 0.1) is 5.92 Å². The summed E-state index contributed by atoms with van der Waals surface area (Å²) in [6.45, 7) is 2.89. The number of carbonyl (C=O) groups is 1. The minimum atomic E-state index is 0.155. The van der Waals surface area contributed by atoms with Gasteiger partial charge in [0.2, 0.25) is 5.91 Å². The fourth-order valence-corrected chi connectivity index (χ4v) is 4.38. The van der Waals surface area contributed by atoms with Gasteiger partial charge in [0.25, 0.3) is 0 Å². The molecule has 0 aliphatic carbocycles. The van der Waals surface area contributed by atoms with E-state index >= 15 is 0 Å². The van der Waals surface area contributed by atoms with Crippen LogP contribution >= 0.6 is 0 Å². The van der Waals surface area contributed by atoms with Gasteiger partial charge in [-0.3, -0.25) is 4.79 Å². The van der Waals surface area contributed by atoms with Crippen molar-refractivity contribution in [2.45, 2.75) is 31.8 Å². The molecule has 4 rings (SSSR count). The summed E-state index contributed by atoms with van der Waals surface area (Å²) >= 11 is 0. The number of rotatable bonds is 5. The van der Waals surface area contributed by atoms with Crippen LogP contribution in [0.2, 0.25) is 0 Å². The van der Waals surface area contributed by atoms with Gasteiger partial charge in [-0.05, 0) is 22.6 Å². The molecule has 2 nitrogen and oxygen atoms in total. The first kappa shape index (κ1) is 17.5. The smallest absolute Gasteiger partial charge is 0.223 e. The molecule has 0 aromatic heterocycles. The Balaban J connectivity index is 1.75. The summed E-state index contributed by atoms with van der Waals surface area (Å²) in [5, 5.41) is 0. The zero-order chi connectivity index (χ0) is 18.6. The van der Waals surface area contributed by atoms with Crippen LogP contribution < -0.4 is 0 Å². The van der Waals surface area contributed by atoms with Crippen molar-refractivity contribution in [1.29, 1.82) is 0 Å². The monoisotopic (exact) mass is 355 g/mol. The largest absolute Gasteiger partial charge is 0.334 e. The molecule has 0 saturated carbocycles. The number of nitrogens with zero attached hydrogens (tertiary/aromatic N) is 1. The highest BCUT2D eigenvalue weighted by Crippen LogP contribution is 2.40. The van der Waals surface area contributed by atoms with E-state index in [4.69, 9.17) is 0 Å². The SMILES string of the molecule is C[C@H]1CC(=O)N(Cc2ccccc2)[C@H]1C(c1ccccc1)c1ccccc1. The maximum absolute atomic E-state index is 12.9. The van der Waals surface area contributed by atoms with E-state index in [1.165, 1.54) is 16.7 Å². The second kappa shape index (κ2) is 7.79. The van der Waals surface area contributed by atoms with Crippen molar-refractivity contribution in [3.05, 3.63) is 108 Å². The molecular weight excluding hydrogens is 330 g/mol. The fraction of sp³-hybridized carbons (Fsp3) is 0.240. The summed E-state index contributed by atoms with van der Waals surface area (Å²) in [5.74, 6) is 0.748. The van der Waals surface area contributed by atoms with Gasteiger partial charge in [0.1, 0.15) is 0 Å². The van der Waals surface area contributed by atoms with Crippen LogP contribution in [0.4, 0.5) is 0 Å². The Labute approximate surface area is 161 Å². The third kappa shape index (κ3) is 3.66. The van der Waals surface area contributed by atoms with Crippen molar-refractivity contribution in [2.24, 2.45) is 5.92 Å². The number of carbonyl (C=O) groups excluding carboxylic acids is 1. The Hall–Kier alpha value is -2.87. The molecule has 0 spiro atoms. The normalized spacial score (nSPS) is 19.6. The Kier molecular flexibility index (Phi) is 5.06. The summed E-state index contributed by atoms with van der Waals surface area (Å²) in [6.07, 6.45) is 0.619. The van der Waals surface area contributed by atoms with E-state index in [0.29, 0.717) is 18.9 Å². The molecule has 2 atom stereocenters. The highest BCUT2D eigenvalue weighted by atomic mass is 16.2. The molecule has 1 heterocycles. The third-order valence-electron chi connectivity index (χ3n) is 5.61. The molecule has 136 valence electrons. The summed E-state index contributed by atoms with van der Waals surface area (Å²) in [4.78, 5) is 15.0. The predicted molar refractivity (Wildman–Crippen MR) is 109 cm³/mol. The van der Waals surface area contributed by atoms with E-state index < -0.39 is 0 Å². The van der Waals surface area contributed by atoms with Gasteiger partial charge in [-0.15, -0.1) is 0 Å². The van der Waals surface area contributed by atoms with Crippen molar-refractivity contribution >= 4 is 5.91 Å². The lowest BCUT2D eigenvalue weighted by molar-refractivity contribution is -0.129. The summed E-state index contributed by atoms with van der Waals surface area (Å²) < 4.78 is 0. The molecule has 1 aliphatic heterocycles. The predicted octanol–water partition coefficient (Wildman–Crippen LogP) is 5.26. The molecule has 1 fully saturated rings. The van der Waals surface area contributed by atoms with Crippen molar-refractivity contribution in [3.63, 3.8) is 0 Å². The number of likely N-dealkylation sites (tertiary alicyclic amines) is 1. The average Bonchev–Trinajstić information content (AvgIpc) is 2.98. The molecule has 1 saturated heterocycles. The van der Waals surface area contributed by atoms with Crippen LogP contribution in [0.3, 0.4) is 0 Å². The highest BCUT2D eigenvalue weighted by molar-refractivity contribution is 5.79. The Morgan fingerprint density at radius 2 is 1.30 bits per heavy atom. The molecule has 0 unspecified atom stereocenters. The first-order valence-electron chi connectivity index (χ1n) is 9.67. The Morgan fingerprint density at radius 1 is 0.815 bits per heavy atom. The number of hydrogen-bond donors (Lipinski definition) is 0. The van der Waals surface area contributed by atoms with Gasteiger partial charge in [-0.2, -0.15) is 0 Å². The van der Waals surface area contributed by atoms with Crippen LogP contribution in [-0.2, 0) is 11.3 Å². The molecule has 0 bridgehead atoms. The van der Waals surface area contributed by atoms with E-state index in [-0.39, 0.29) is 17.9 Å². The fourth-order valence-electron chi connectivity index (χ4n) is 4.38. The van der Waals surface area contributed by atoms with E-state index in [1.807, 2.05) is 18.2 Å². The Morgan fingerprint density at radius 3 is 1.81 bits per heavy atom. The van der Waals surface area contributed by atoms with Gasteiger partial charge in [0.15, 0.2) is 0 Å². The van der Waals surface area contributed by atoms with Gasteiger partial charge in [-0.1, -0.05) is 97.9 Å². The van der Waals surface area contributed by atoms with Crippen LogP contribution in [-0.4, -0.2) is 16.8 Å². The second-order valence-corrected chi connectivity index (χ2v) is 7.48. The highest BCUT2D eigenvalue weighted by Gasteiger charge is 2.42. The van der Waals surface area contributed by atoms with Crippen molar-refractivity contribution in [2.75, 3.05) is 0 Å². The lowest BCUT2D eigenvalue weighted by Crippen LogP contribution is -2.39. The van der Waals surface area contributed by atoms with E-state index in [1.54, 1.807) is 0 Å². The lowest BCUT2D eigenvalue weighted by Gasteiger charge is -2.35. The van der Waals surface area contributed by atoms with Gasteiger partial charge >= 0.3 is 0 Å². The van der Waals surface area contributed by atoms with Gasteiger partial charge in [0, 0.05) is 24.9 Å². The van der Waals surface area contributed by atoms with Crippen LogP contribution in [0.15, 0.2) is 91.0 Å². The number of amides is 1. The summed E-state index contributed by atoms with van der Waals surface area (Å²) in [5.41, 5.74) is 3.73.